The molecule has 2 heterocycles. The molecule has 4 rings (SSSR count). The number of benzene rings is 2. The predicted molar refractivity (Wildman–Crippen MR) is 147 cm³/mol. The number of carboxylic acids is 1. The molecule has 0 aliphatic carbocycles. The van der Waals surface area contributed by atoms with Crippen molar-refractivity contribution in [1.82, 2.24) is 9.88 Å². The van der Waals surface area contributed by atoms with Crippen molar-refractivity contribution in [2.24, 2.45) is 11.8 Å². The van der Waals surface area contributed by atoms with Gasteiger partial charge in [0.05, 0.1) is 31.8 Å². The van der Waals surface area contributed by atoms with Crippen LogP contribution in [-0.4, -0.2) is 54.8 Å². The van der Waals surface area contributed by atoms with Crippen molar-refractivity contribution in [3.05, 3.63) is 64.8 Å². The van der Waals surface area contributed by atoms with E-state index in [1.807, 2.05) is 18.2 Å². The Kier molecular flexibility index (Phi) is 9.43. The van der Waals surface area contributed by atoms with Crippen molar-refractivity contribution in [1.29, 1.82) is 0 Å². The lowest BCUT2D eigenvalue weighted by Gasteiger charge is -2.37. The lowest BCUT2D eigenvalue weighted by molar-refractivity contribution is -0.139. The Balaban J connectivity index is 1.40. The number of aliphatic carboxylic acids is 1. The number of aromatic nitrogens is 1. The molecule has 0 saturated carbocycles. The zero-order valence-electron chi connectivity index (χ0n) is 21.6. The molecule has 1 N–H and O–H groups in total. The van der Waals surface area contributed by atoms with E-state index in [0.29, 0.717) is 53.6 Å². The van der Waals surface area contributed by atoms with Gasteiger partial charge in [-0.2, -0.15) is 0 Å². The number of hydrogen-bond donors (Lipinski definition) is 1. The number of methoxy groups -OCH3 is 2. The van der Waals surface area contributed by atoms with Crippen LogP contribution in [0.2, 0.25) is 5.02 Å². The first kappa shape index (κ1) is 27.7. The first-order valence-corrected chi connectivity index (χ1v) is 13.1. The van der Waals surface area contributed by atoms with E-state index < -0.39 is 12.1 Å². The maximum absolute atomic E-state index is 15.5. The highest BCUT2D eigenvalue weighted by molar-refractivity contribution is 6.30. The fourth-order valence-corrected chi connectivity index (χ4v) is 5.39. The molecule has 1 aliphatic heterocycles. The number of halogens is 2. The van der Waals surface area contributed by atoms with Gasteiger partial charge in [-0.3, -0.25) is 14.7 Å². The summed E-state index contributed by atoms with van der Waals surface area (Å²) < 4.78 is 26.2. The van der Waals surface area contributed by atoms with Gasteiger partial charge in [0, 0.05) is 29.6 Å². The molecule has 38 heavy (non-hydrogen) atoms. The van der Waals surface area contributed by atoms with Crippen LogP contribution in [0.25, 0.3) is 10.9 Å². The van der Waals surface area contributed by atoms with E-state index in [-0.39, 0.29) is 18.3 Å². The molecule has 2 aromatic carbocycles. The third kappa shape index (κ3) is 6.94. The van der Waals surface area contributed by atoms with E-state index >= 15 is 4.39 Å². The van der Waals surface area contributed by atoms with Gasteiger partial charge in [-0.25, -0.2) is 4.39 Å². The van der Waals surface area contributed by atoms with Gasteiger partial charge in [-0.05, 0) is 85.7 Å². The van der Waals surface area contributed by atoms with Crippen LogP contribution in [0.1, 0.15) is 43.0 Å². The second-order valence-corrected chi connectivity index (χ2v) is 10.1. The third-order valence-electron chi connectivity index (χ3n) is 7.21. The maximum Gasteiger partial charge on any atom is 0.303 e. The Hall–Kier alpha value is -3.34. The maximum atomic E-state index is 15.5. The lowest BCUT2D eigenvalue weighted by Crippen LogP contribution is -2.41. The van der Waals surface area contributed by atoms with E-state index in [1.54, 1.807) is 44.7 Å². The van der Waals surface area contributed by atoms with Crippen LogP contribution in [-0.2, 0) is 4.79 Å². The third-order valence-corrected chi connectivity index (χ3v) is 7.45. The molecule has 200 valence electrons. The number of rotatable bonds is 9. The first-order chi connectivity index (χ1) is 18.4. The van der Waals surface area contributed by atoms with Crippen molar-refractivity contribution in [3.8, 4) is 23.3 Å². The van der Waals surface area contributed by atoms with Gasteiger partial charge in [-0.15, -0.1) is 0 Å². The van der Waals surface area contributed by atoms with E-state index in [4.69, 9.17) is 21.1 Å². The number of carbonyl (C=O) groups is 1. The van der Waals surface area contributed by atoms with Crippen LogP contribution in [0, 0.1) is 23.7 Å². The van der Waals surface area contributed by atoms with Gasteiger partial charge in [-0.1, -0.05) is 23.4 Å². The highest BCUT2D eigenvalue weighted by Crippen LogP contribution is 2.36. The summed E-state index contributed by atoms with van der Waals surface area (Å²) in [6.07, 6.45) is 2.26. The molecule has 0 bridgehead atoms. The molecule has 1 aromatic heterocycles. The summed E-state index contributed by atoms with van der Waals surface area (Å²) >= 11 is 6.09. The number of fused-ring (bicyclic) bond motifs is 1. The topological polar surface area (TPSA) is 71.9 Å². The summed E-state index contributed by atoms with van der Waals surface area (Å²) in [4.78, 5) is 18.1. The highest BCUT2D eigenvalue weighted by atomic mass is 35.5. The van der Waals surface area contributed by atoms with Crippen molar-refractivity contribution >= 4 is 28.5 Å². The van der Waals surface area contributed by atoms with Crippen LogP contribution < -0.4 is 9.47 Å². The molecule has 3 atom stereocenters. The molecule has 1 saturated heterocycles. The minimum absolute atomic E-state index is 0.0586. The molecule has 0 unspecified atom stereocenters. The largest absolute Gasteiger partial charge is 0.497 e. The van der Waals surface area contributed by atoms with Crippen LogP contribution in [0.4, 0.5) is 4.39 Å². The second kappa shape index (κ2) is 12.9. The highest BCUT2D eigenvalue weighted by Gasteiger charge is 2.31. The zero-order valence-corrected chi connectivity index (χ0v) is 22.4. The van der Waals surface area contributed by atoms with E-state index in [2.05, 4.69) is 21.7 Å². The van der Waals surface area contributed by atoms with Crippen molar-refractivity contribution in [3.63, 3.8) is 0 Å². The average Bonchev–Trinajstić information content (AvgIpc) is 2.91. The molecule has 8 heteroatoms. The summed E-state index contributed by atoms with van der Waals surface area (Å²) in [6, 6.07) is 12.5. The monoisotopic (exact) mass is 538 g/mol. The fourth-order valence-electron chi connectivity index (χ4n) is 5.22. The number of nitrogens with zero attached hydrogens (tertiary/aromatic N) is 2. The molecule has 3 aromatic rings. The molecule has 1 fully saturated rings. The van der Waals surface area contributed by atoms with Gasteiger partial charge in [0.25, 0.3) is 0 Å². The number of piperidine rings is 1. The minimum atomic E-state index is -1.17. The van der Waals surface area contributed by atoms with Gasteiger partial charge in [0.1, 0.15) is 17.7 Å². The molecule has 0 spiro atoms. The zero-order chi connectivity index (χ0) is 27.1. The lowest BCUT2D eigenvalue weighted by atomic mass is 9.79. The van der Waals surface area contributed by atoms with Gasteiger partial charge >= 0.3 is 5.97 Å². The van der Waals surface area contributed by atoms with Crippen molar-refractivity contribution in [2.75, 3.05) is 33.9 Å². The Morgan fingerprint density at radius 1 is 1.21 bits per heavy atom. The molecule has 1 aliphatic rings. The SMILES string of the molecule is COc1ccc2nccc([C@@H](F)CC[C@@H]3CCN(CC#Cc4cc(Cl)ccc4OC)C[C@@H]3CC(=O)O)c2c1. The van der Waals surface area contributed by atoms with Crippen LogP contribution in [0.3, 0.4) is 0 Å². The minimum Gasteiger partial charge on any atom is -0.497 e. The summed E-state index contributed by atoms with van der Waals surface area (Å²) in [5.41, 5.74) is 2.03. The Morgan fingerprint density at radius 2 is 2.05 bits per heavy atom. The summed E-state index contributed by atoms with van der Waals surface area (Å²) in [5.74, 6) is 6.84. The molecular formula is C30H32ClFN2O4. The van der Waals surface area contributed by atoms with Gasteiger partial charge in [0.15, 0.2) is 0 Å². The van der Waals surface area contributed by atoms with Gasteiger partial charge in [0.2, 0.25) is 0 Å². The van der Waals surface area contributed by atoms with Crippen LogP contribution >= 0.6 is 11.6 Å². The second-order valence-electron chi connectivity index (χ2n) is 9.62. The fraction of sp³-hybridized carbons (Fsp3) is 0.400. The molecular weight excluding hydrogens is 507 g/mol. The summed E-state index contributed by atoms with van der Waals surface area (Å²) in [5, 5.41) is 10.9. The summed E-state index contributed by atoms with van der Waals surface area (Å²) in [6.45, 7) is 1.91. The smallest absolute Gasteiger partial charge is 0.303 e. The normalized spacial score (nSPS) is 18.4. The summed E-state index contributed by atoms with van der Waals surface area (Å²) in [7, 11) is 3.17. The quantitative estimate of drug-likeness (QED) is 0.329. The number of hydrogen-bond acceptors (Lipinski definition) is 5. The number of pyridine rings is 1. The Bertz CT molecular complexity index is 1340. The molecule has 6 nitrogen and oxygen atoms in total. The Morgan fingerprint density at radius 3 is 2.82 bits per heavy atom. The van der Waals surface area contributed by atoms with E-state index in [9.17, 15) is 9.90 Å². The predicted octanol–water partition coefficient (Wildman–Crippen LogP) is 6.16. The molecule has 0 radical (unpaired) electrons. The first-order valence-electron chi connectivity index (χ1n) is 12.7. The number of alkyl halides is 1. The van der Waals surface area contributed by atoms with E-state index in [1.165, 1.54) is 0 Å². The van der Waals surface area contributed by atoms with Crippen molar-refractivity contribution in [2.45, 2.75) is 31.9 Å². The standard InChI is InChI=1S/C30H32ClFN2O4/c1-37-24-7-9-28-26(18-24)25(11-13-33-28)27(32)8-5-20-12-15-34(19-22(20)17-30(35)36)14-3-4-21-16-23(31)6-10-29(21)38-2/h6-7,9-11,13,16,18,20,22,27H,5,8,12,14-15,17,19H2,1-2H3,(H,35,36)/t20-,22+,27+/m1/s1. The average molecular weight is 539 g/mol. The van der Waals surface area contributed by atoms with Crippen LogP contribution in [0.5, 0.6) is 11.5 Å². The number of ether oxygens (including phenoxy) is 2. The van der Waals surface area contributed by atoms with E-state index in [0.717, 1.165) is 23.9 Å². The van der Waals surface area contributed by atoms with Crippen molar-refractivity contribution < 1.29 is 23.8 Å². The number of carboxylic acid groups (broad SMARTS) is 1. The van der Waals surface area contributed by atoms with Crippen LogP contribution in [0.15, 0.2) is 48.7 Å². The molecule has 0 amide bonds. The number of likely N-dealkylation sites (tertiary alicyclic amines) is 1. The van der Waals surface area contributed by atoms with Gasteiger partial charge < -0.3 is 14.6 Å². The Labute approximate surface area is 227 Å².